The van der Waals surface area contributed by atoms with Crippen LogP contribution in [0.4, 0.5) is 0 Å². The molecule has 2 aromatic rings. The lowest BCUT2D eigenvalue weighted by Crippen LogP contribution is -2.03. The highest BCUT2D eigenvalue weighted by Crippen LogP contribution is 2.29. The average molecular weight is 208 g/mol. The van der Waals surface area contributed by atoms with Crippen LogP contribution in [0.3, 0.4) is 0 Å². The first kappa shape index (κ1) is 9.43. The monoisotopic (exact) mass is 208 g/mol. The SMILES string of the molecule is Cc1sc([C@H](C)N)nc1-c1ccco1. The van der Waals surface area contributed by atoms with E-state index in [1.54, 1.807) is 17.6 Å². The van der Waals surface area contributed by atoms with Crippen molar-refractivity contribution in [3.63, 3.8) is 0 Å². The summed E-state index contributed by atoms with van der Waals surface area (Å²) in [6.45, 7) is 3.96. The molecule has 0 fully saturated rings. The minimum Gasteiger partial charge on any atom is -0.463 e. The lowest BCUT2D eigenvalue weighted by molar-refractivity contribution is 0.579. The number of aromatic nitrogens is 1. The molecule has 0 saturated carbocycles. The van der Waals surface area contributed by atoms with Gasteiger partial charge in [-0.2, -0.15) is 0 Å². The van der Waals surface area contributed by atoms with Gasteiger partial charge in [0.25, 0.3) is 0 Å². The molecule has 0 radical (unpaired) electrons. The zero-order chi connectivity index (χ0) is 10.1. The molecular formula is C10H12N2OS. The first-order valence-electron chi connectivity index (χ1n) is 4.45. The number of nitrogens with zero attached hydrogens (tertiary/aromatic N) is 1. The summed E-state index contributed by atoms with van der Waals surface area (Å²) in [5, 5.41) is 0.953. The fourth-order valence-electron chi connectivity index (χ4n) is 1.25. The summed E-state index contributed by atoms with van der Waals surface area (Å²) in [7, 11) is 0. The lowest BCUT2D eigenvalue weighted by Gasteiger charge is -1.96. The second-order valence-corrected chi connectivity index (χ2v) is 4.46. The van der Waals surface area contributed by atoms with Gasteiger partial charge in [0.1, 0.15) is 10.7 Å². The summed E-state index contributed by atoms with van der Waals surface area (Å²) in [5.74, 6) is 0.811. The van der Waals surface area contributed by atoms with E-state index in [4.69, 9.17) is 10.2 Å². The molecule has 0 spiro atoms. The Balaban J connectivity index is 2.45. The molecular weight excluding hydrogens is 196 g/mol. The van der Waals surface area contributed by atoms with E-state index < -0.39 is 0 Å². The molecule has 4 heteroatoms. The second-order valence-electron chi connectivity index (χ2n) is 3.22. The van der Waals surface area contributed by atoms with Crippen molar-refractivity contribution in [2.24, 2.45) is 5.73 Å². The lowest BCUT2D eigenvalue weighted by atomic mass is 10.3. The standard InChI is InChI=1S/C10H12N2OS/c1-6(11)10-12-9(7(2)14-10)8-4-3-5-13-8/h3-6H,11H2,1-2H3/t6-/m0/s1. The van der Waals surface area contributed by atoms with Crippen molar-refractivity contribution < 1.29 is 4.42 Å². The number of hydrogen-bond acceptors (Lipinski definition) is 4. The van der Waals surface area contributed by atoms with Crippen molar-refractivity contribution in [1.82, 2.24) is 4.98 Å². The first-order valence-corrected chi connectivity index (χ1v) is 5.27. The molecule has 2 heterocycles. The molecule has 0 aliphatic rings. The number of nitrogens with two attached hydrogens (primary N) is 1. The number of furan rings is 1. The van der Waals surface area contributed by atoms with E-state index in [9.17, 15) is 0 Å². The van der Waals surface area contributed by atoms with Crippen LogP contribution in [0, 0.1) is 6.92 Å². The summed E-state index contributed by atoms with van der Waals surface area (Å²) < 4.78 is 5.30. The number of rotatable bonds is 2. The van der Waals surface area contributed by atoms with Gasteiger partial charge in [-0.15, -0.1) is 11.3 Å². The second kappa shape index (κ2) is 3.55. The van der Waals surface area contributed by atoms with E-state index in [1.165, 1.54) is 0 Å². The summed E-state index contributed by atoms with van der Waals surface area (Å²) in [6.07, 6.45) is 1.65. The van der Waals surface area contributed by atoms with Crippen molar-refractivity contribution in [2.75, 3.05) is 0 Å². The molecule has 2 rings (SSSR count). The zero-order valence-electron chi connectivity index (χ0n) is 8.15. The summed E-state index contributed by atoms with van der Waals surface area (Å²) >= 11 is 1.62. The van der Waals surface area contributed by atoms with E-state index >= 15 is 0 Å². The van der Waals surface area contributed by atoms with Gasteiger partial charge in [-0.1, -0.05) is 0 Å². The van der Waals surface area contributed by atoms with Crippen molar-refractivity contribution in [1.29, 1.82) is 0 Å². The van der Waals surface area contributed by atoms with Gasteiger partial charge in [-0.3, -0.25) is 0 Å². The van der Waals surface area contributed by atoms with Gasteiger partial charge < -0.3 is 10.2 Å². The van der Waals surface area contributed by atoms with Crippen LogP contribution < -0.4 is 5.73 Å². The van der Waals surface area contributed by atoms with Crippen LogP contribution in [0.15, 0.2) is 22.8 Å². The van der Waals surface area contributed by atoms with Gasteiger partial charge in [0.15, 0.2) is 5.76 Å². The summed E-state index contributed by atoms with van der Waals surface area (Å²) in [5.41, 5.74) is 6.68. The maximum absolute atomic E-state index is 5.77. The molecule has 74 valence electrons. The Kier molecular flexibility index (Phi) is 2.39. The van der Waals surface area contributed by atoms with Gasteiger partial charge >= 0.3 is 0 Å². The van der Waals surface area contributed by atoms with Crippen LogP contribution in [-0.4, -0.2) is 4.98 Å². The Morgan fingerprint density at radius 2 is 2.36 bits per heavy atom. The molecule has 0 bridgehead atoms. The van der Waals surface area contributed by atoms with E-state index in [0.29, 0.717) is 0 Å². The van der Waals surface area contributed by atoms with Crippen LogP contribution in [-0.2, 0) is 0 Å². The summed E-state index contributed by atoms with van der Waals surface area (Å²) in [6, 6.07) is 3.76. The average Bonchev–Trinajstić information content (AvgIpc) is 2.71. The third-order valence-electron chi connectivity index (χ3n) is 1.96. The Labute approximate surface area is 86.6 Å². The van der Waals surface area contributed by atoms with Crippen molar-refractivity contribution in [2.45, 2.75) is 19.9 Å². The molecule has 1 atom stereocenters. The van der Waals surface area contributed by atoms with Crippen LogP contribution in [0.25, 0.3) is 11.5 Å². The molecule has 2 aromatic heterocycles. The predicted octanol–water partition coefficient (Wildman–Crippen LogP) is 2.73. The first-order chi connectivity index (χ1) is 6.68. The molecule has 0 aromatic carbocycles. The van der Waals surface area contributed by atoms with Gasteiger partial charge in [0, 0.05) is 4.88 Å². The molecule has 0 unspecified atom stereocenters. The minimum absolute atomic E-state index is 0.0117. The van der Waals surface area contributed by atoms with Crippen LogP contribution in [0.5, 0.6) is 0 Å². The van der Waals surface area contributed by atoms with E-state index in [2.05, 4.69) is 4.98 Å². The van der Waals surface area contributed by atoms with Crippen molar-refractivity contribution in [3.05, 3.63) is 28.3 Å². The van der Waals surface area contributed by atoms with E-state index in [-0.39, 0.29) is 6.04 Å². The third kappa shape index (κ3) is 1.58. The molecule has 0 aliphatic heterocycles. The fraction of sp³-hybridized carbons (Fsp3) is 0.300. The third-order valence-corrected chi connectivity index (χ3v) is 3.13. The van der Waals surface area contributed by atoms with Gasteiger partial charge in [0.2, 0.25) is 0 Å². The Morgan fingerprint density at radius 1 is 1.57 bits per heavy atom. The molecule has 0 amide bonds. The number of aryl methyl sites for hydroxylation is 1. The maximum atomic E-state index is 5.77. The molecule has 2 N–H and O–H groups in total. The Hall–Kier alpha value is -1.13. The fourth-order valence-corrected chi connectivity index (χ4v) is 2.13. The van der Waals surface area contributed by atoms with Gasteiger partial charge in [0.05, 0.1) is 12.3 Å². The van der Waals surface area contributed by atoms with Gasteiger partial charge in [-0.05, 0) is 26.0 Å². The predicted molar refractivity (Wildman–Crippen MR) is 57.2 cm³/mol. The molecule has 0 aliphatic carbocycles. The highest BCUT2D eigenvalue weighted by Gasteiger charge is 2.13. The Bertz CT molecular complexity index is 417. The normalized spacial score (nSPS) is 13.1. The number of thiazole rings is 1. The quantitative estimate of drug-likeness (QED) is 0.825. The topological polar surface area (TPSA) is 52.0 Å². The van der Waals surface area contributed by atoms with Crippen LogP contribution in [0.1, 0.15) is 22.9 Å². The smallest absolute Gasteiger partial charge is 0.153 e. The van der Waals surface area contributed by atoms with Crippen molar-refractivity contribution in [3.8, 4) is 11.5 Å². The number of hydrogen-bond donors (Lipinski definition) is 1. The van der Waals surface area contributed by atoms with Crippen molar-refractivity contribution >= 4 is 11.3 Å². The van der Waals surface area contributed by atoms with E-state index in [0.717, 1.165) is 21.3 Å². The molecule has 14 heavy (non-hydrogen) atoms. The van der Waals surface area contributed by atoms with Crippen LogP contribution >= 0.6 is 11.3 Å². The zero-order valence-corrected chi connectivity index (χ0v) is 8.97. The van der Waals surface area contributed by atoms with E-state index in [1.807, 2.05) is 26.0 Å². The summed E-state index contributed by atoms with van der Waals surface area (Å²) in [4.78, 5) is 5.60. The highest BCUT2D eigenvalue weighted by molar-refractivity contribution is 7.12. The highest BCUT2D eigenvalue weighted by atomic mass is 32.1. The largest absolute Gasteiger partial charge is 0.463 e. The Morgan fingerprint density at radius 3 is 2.86 bits per heavy atom. The molecule has 3 nitrogen and oxygen atoms in total. The van der Waals surface area contributed by atoms with Crippen LogP contribution in [0.2, 0.25) is 0 Å². The minimum atomic E-state index is -0.0117. The van der Waals surface area contributed by atoms with Gasteiger partial charge in [-0.25, -0.2) is 4.98 Å². The molecule has 0 saturated heterocycles. The maximum Gasteiger partial charge on any atom is 0.153 e.